The van der Waals surface area contributed by atoms with E-state index in [1.54, 1.807) is 0 Å². The highest BCUT2D eigenvalue weighted by atomic mass is 16.4. The topological polar surface area (TPSA) is 67.9 Å². The van der Waals surface area contributed by atoms with Crippen LogP contribution < -0.4 is 10.4 Å². The number of carbonyl (C=O) groups excluding carboxylic acids is 1. The molecular formula is C23H27N2O2-. The molecule has 4 bridgehead atoms. The third kappa shape index (κ3) is 2.49. The lowest BCUT2D eigenvalue weighted by Gasteiger charge is -2.58. The van der Waals surface area contributed by atoms with E-state index in [2.05, 4.69) is 22.4 Å². The van der Waals surface area contributed by atoms with E-state index in [1.807, 2.05) is 12.1 Å². The number of carbonyl (C=O) groups is 1. The van der Waals surface area contributed by atoms with E-state index in [0.29, 0.717) is 11.8 Å². The first-order valence-corrected chi connectivity index (χ1v) is 10.6. The summed E-state index contributed by atoms with van der Waals surface area (Å²) in [5, 5.41) is 16.4. The average Bonchev–Trinajstić information content (AvgIpc) is 2.99. The Morgan fingerprint density at radius 2 is 1.74 bits per heavy atom. The van der Waals surface area contributed by atoms with Crippen molar-refractivity contribution in [3.8, 4) is 0 Å². The predicted molar refractivity (Wildman–Crippen MR) is 102 cm³/mol. The zero-order chi connectivity index (χ0) is 18.2. The summed E-state index contributed by atoms with van der Waals surface area (Å²) in [6, 6.07) is 7.81. The van der Waals surface area contributed by atoms with Crippen LogP contribution in [-0.2, 0) is 11.2 Å². The van der Waals surface area contributed by atoms with Gasteiger partial charge in [-0.1, -0.05) is 18.2 Å². The van der Waals surface area contributed by atoms with Crippen molar-refractivity contribution >= 4 is 16.9 Å². The summed E-state index contributed by atoms with van der Waals surface area (Å²) < 4.78 is 0. The van der Waals surface area contributed by atoms with Crippen LogP contribution >= 0.6 is 0 Å². The molecule has 0 amide bonds. The molecule has 2 aromatic rings. The molecule has 4 heteroatoms. The van der Waals surface area contributed by atoms with E-state index in [9.17, 15) is 9.90 Å². The molecule has 1 aliphatic heterocycles. The second-order valence-corrected chi connectivity index (χ2v) is 9.98. The average molecular weight is 363 g/mol. The van der Waals surface area contributed by atoms with Gasteiger partial charge in [-0.2, -0.15) is 0 Å². The van der Waals surface area contributed by atoms with Crippen molar-refractivity contribution < 1.29 is 9.90 Å². The second-order valence-electron chi connectivity index (χ2n) is 9.98. The Kier molecular flexibility index (Phi) is 3.36. The minimum atomic E-state index is -0.971. The van der Waals surface area contributed by atoms with Crippen molar-refractivity contribution in [2.24, 2.45) is 23.2 Å². The summed E-state index contributed by atoms with van der Waals surface area (Å²) in [7, 11) is 0. The summed E-state index contributed by atoms with van der Waals surface area (Å²) in [6.07, 6.45) is 9.96. The molecule has 7 rings (SSSR count). The van der Waals surface area contributed by atoms with Crippen LogP contribution in [0.5, 0.6) is 0 Å². The number of carboxylic acids is 1. The molecule has 27 heavy (non-hydrogen) atoms. The van der Waals surface area contributed by atoms with Crippen LogP contribution in [0.15, 0.2) is 24.3 Å². The van der Waals surface area contributed by atoms with E-state index in [4.69, 9.17) is 0 Å². The number of nitrogens with one attached hydrogen (secondary N) is 2. The summed E-state index contributed by atoms with van der Waals surface area (Å²) >= 11 is 0. The number of aliphatic carboxylic acids is 1. The molecule has 0 saturated heterocycles. The third-order valence-corrected chi connectivity index (χ3v) is 8.09. The van der Waals surface area contributed by atoms with Gasteiger partial charge in [0.25, 0.3) is 0 Å². The molecule has 4 fully saturated rings. The number of hydrogen-bond acceptors (Lipinski definition) is 3. The van der Waals surface area contributed by atoms with Crippen LogP contribution in [0, 0.1) is 23.2 Å². The summed E-state index contributed by atoms with van der Waals surface area (Å²) in [6.45, 7) is 0. The lowest BCUT2D eigenvalue weighted by molar-refractivity contribution is -0.308. The van der Waals surface area contributed by atoms with Gasteiger partial charge in [0, 0.05) is 22.6 Å². The van der Waals surface area contributed by atoms with E-state index in [0.717, 1.165) is 29.7 Å². The molecule has 2 atom stereocenters. The molecule has 0 spiro atoms. The van der Waals surface area contributed by atoms with Gasteiger partial charge >= 0.3 is 0 Å². The number of aromatic amines is 1. The molecule has 4 nitrogen and oxygen atoms in total. The summed E-state index contributed by atoms with van der Waals surface area (Å²) in [5.41, 5.74) is 3.95. The van der Waals surface area contributed by atoms with E-state index in [1.165, 1.54) is 55.2 Å². The monoisotopic (exact) mass is 363 g/mol. The van der Waals surface area contributed by atoms with Crippen molar-refractivity contribution in [3.05, 3.63) is 35.5 Å². The van der Waals surface area contributed by atoms with Crippen molar-refractivity contribution in [1.29, 1.82) is 0 Å². The van der Waals surface area contributed by atoms with Crippen molar-refractivity contribution in [3.63, 3.8) is 0 Å². The standard InChI is InChI=1S/C23H28N2O2/c26-22(27)19-8-17-16-3-1-2-4-18(16)25-21(17)20(24-19)12-23-9-13-5-14(10-23)7-15(6-13)11-23/h1-4,13-15,19-20,24-25H,5-12H2,(H,26,27)/p-1. The van der Waals surface area contributed by atoms with Gasteiger partial charge in [-0.15, -0.1) is 0 Å². The van der Waals surface area contributed by atoms with Gasteiger partial charge in [-0.05, 0) is 86.2 Å². The molecule has 142 valence electrons. The zero-order valence-corrected chi connectivity index (χ0v) is 15.7. The number of H-pyrrole nitrogens is 1. The van der Waals surface area contributed by atoms with Gasteiger partial charge in [-0.25, -0.2) is 0 Å². The largest absolute Gasteiger partial charge is 0.548 e. The number of rotatable bonds is 3. The Balaban J connectivity index is 1.39. The van der Waals surface area contributed by atoms with E-state index >= 15 is 0 Å². The maximum absolute atomic E-state index is 11.7. The minimum Gasteiger partial charge on any atom is -0.548 e. The van der Waals surface area contributed by atoms with Gasteiger partial charge < -0.3 is 20.2 Å². The molecule has 1 aromatic heterocycles. The summed E-state index contributed by atoms with van der Waals surface area (Å²) in [5.74, 6) is 1.78. The van der Waals surface area contributed by atoms with Crippen LogP contribution in [0.3, 0.4) is 0 Å². The van der Waals surface area contributed by atoms with Gasteiger partial charge in [0.2, 0.25) is 0 Å². The van der Waals surface area contributed by atoms with E-state index < -0.39 is 12.0 Å². The Morgan fingerprint density at radius 1 is 1.07 bits per heavy atom. The van der Waals surface area contributed by atoms with Crippen molar-refractivity contribution in [2.75, 3.05) is 0 Å². The van der Waals surface area contributed by atoms with Crippen LogP contribution in [0.25, 0.3) is 10.9 Å². The van der Waals surface area contributed by atoms with Crippen LogP contribution in [0.2, 0.25) is 0 Å². The van der Waals surface area contributed by atoms with Crippen LogP contribution in [0.4, 0.5) is 0 Å². The highest BCUT2D eigenvalue weighted by Crippen LogP contribution is 2.62. The molecule has 2 unspecified atom stereocenters. The number of fused-ring (bicyclic) bond motifs is 3. The number of para-hydroxylation sites is 1. The number of hydrogen-bond donors (Lipinski definition) is 2. The second kappa shape index (κ2) is 5.60. The van der Waals surface area contributed by atoms with Crippen molar-refractivity contribution in [2.45, 2.75) is 63.5 Å². The summed E-state index contributed by atoms with van der Waals surface area (Å²) in [4.78, 5) is 15.4. The maximum atomic E-state index is 11.7. The Morgan fingerprint density at radius 3 is 2.41 bits per heavy atom. The number of benzene rings is 1. The van der Waals surface area contributed by atoms with Crippen molar-refractivity contribution in [1.82, 2.24) is 10.3 Å². The SMILES string of the molecule is O=C([O-])C1Cc2c([nH]c3ccccc23)C(CC23CC4CC(CC(C4)C2)C3)N1. The number of carboxylic acid groups (broad SMARTS) is 1. The van der Waals surface area contributed by atoms with Crippen LogP contribution in [0.1, 0.15) is 62.2 Å². The molecular weight excluding hydrogens is 336 g/mol. The fraction of sp³-hybridized carbons (Fsp3) is 0.609. The zero-order valence-electron chi connectivity index (χ0n) is 15.7. The predicted octanol–water partition coefficient (Wildman–Crippen LogP) is 3.08. The molecule has 4 aliphatic carbocycles. The quantitative estimate of drug-likeness (QED) is 0.881. The number of aromatic nitrogens is 1. The van der Waals surface area contributed by atoms with Crippen LogP contribution in [-0.4, -0.2) is 17.0 Å². The van der Waals surface area contributed by atoms with Gasteiger partial charge in [0.15, 0.2) is 0 Å². The first-order valence-electron chi connectivity index (χ1n) is 10.6. The first kappa shape index (κ1) is 16.2. The molecule has 2 N–H and O–H groups in total. The normalized spacial score (nSPS) is 39.6. The molecule has 5 aliphatic rings. The van der Waals surface area contributed by atoms with Gasteiger partial charge in [-0.3, -0.25) is 0 Å². The van der Waals surface area contributed by atoms with E-state index in [-0.39, 0.29) is 6.04 Å². The molecule has 2 heterocycles. The molecule has 0 radical (unpaired) electrons. The maximum Gasteiger partial charge on any atom is 0.0587 e. The fourth-order valence-corrected chi connectivity index (χ4v) is 7.61. The lowest BCUT2D eigenvalue weighted by Crippen LogP contribution is -2.53. The third-order valence-electron chi connectivity index (χ3n) is 8.09. The van der Waals surface area contributed by atoms with Gasteiger partial charge in [0.1, 0.15) is 0 Å². The first-order chi connectivity index (χ1) is 13.1. The lowest BCUT2D eigenvalue weighted by atomic mass is 9.48. The smallest absolute Gasteiger partial charge is 0.0587 e. The molecule has 1 aromatic carbocycles. The fourth-order valence-electron chi connectivity index (χ4n) is 7.61. The highest BCUT2D eigenvalue weighted by Gasteiger charge is 2.52. The highest BCUT2D eigenvalue weighted by molar-refractivity contribution is 5.86. The Labute approximate surface area is 159 Å². The Bertz CT molecular complexity index is 879. The molecule has 4 saturated carbocycles. The van der Waals surface area contributed by atoms with Gasteiger partial charge in [0.05, 0.1) is 12.0 Å². The minimum absolute atomic E-state index is 0.0975. The Hall–Kier alpha value is -1.81.